The van der Waals surface area contributed by atoms with Crippen molar-refractivity contribution in [3.05, 3.63) is 36.7 Å². The van der Waals surface area contributed by atoms with Crippen LogP contribution in [0.2, 0.25) is 0 Å². The first-order chi connectivity index (χ1) is 8.05. The lowest BCUT2D eigenvalue weighted by Crippen LogP contribution is -2.06. The molecule has 0 saturated heterocycles. The highest BCUT2D eigenvalue weighted by Crippen LogP contribution is 2.16. The van der Waals surface area contributed by atoms with E-state index >= 15 is 0 Å². The van der Waals surface area contributed by atoms with Crippen molar-refractivity contribution in [1.82, 2.24) is 15.0 Å². The zero-order valence-electron chi connectivity index (χ0n) is 8.39. The first kappa shape index (κ1) is 11.4. The van der Waals surface area contributed by atoms with Crippen molar-refractivity contribution in [2.24, 2.45) is 0 Å². The molecule has 0 unspecified atom stereocenters. The average Bonchev–Trinajstić information content (AvgIpc) is 2.29. The van der Waals surface area contributed by atoms with Gasteiger partial charge in [0.05, 0.1) is 0 Å². The molecule has 88 valence electrons. The van der Waals surface area contributed by atoms with E-state index in [1.54, 1.807) is 30.3 Å². The molecule has 17 heavy (non-hydrogen) atoms. The van der Waals surface area contributed by atoms with E-state index < -0.39 is 15.3 Å². The van der Waals surface area contributed by atoms with Crippen molar-refractivity contribution in [1.29, 1.82) is 0 Å². The second-order valence-electron chi connectivity index (χ2n) is 2.94. The summed E-state index contributed by atoms with van der Waals surface area (Å²) in [5, 5.41) is -0.751. The predicted octanol–water partition coefficient (Wildman–Crippen LogP) is 0.911. The molecule has 2 aromatic rings. The molecule has 1 aromatic carbocycles. The fraction of sp³-hybridized carbons (Fsp3) is 0. The minimum atomic E-state index is -4.46. The molecule has 1 heterocycles. The van der Waals surface area contributed by atoms with Gasteiger partial charge in [-0.2, -0.15) is 18.4 Å². The molecule has 1 aromatic heterocycles. The lowest BCUT2D eigenvalue weighted by molar-refractivity contribution is 0.422. The van der Waals surface area contributed by atoms with Gasteiger partial charge in [0.25, 0.3) is 5.16 Å². The zero-order chi connectivity index (χ0) is 12.3. The molecule has 0 bridgehead atoms. The minimum absolute atomic E-state index is 0.209. The number of benzene rings is 1. The Hall–Kier alpha value is -2.06. The normalized spacial score (nSPS) is 11.1. The van der Waals surface area contributed by atoms with Crippen LogP contribution in [-0.4, -0.2) is 27.9 Å². The van der Waals surface area contributed by atoms with Gasteiger partial charge in [0.1, 0.15) is 12.1 Å². The lowest BCUT2D eigenvalue weighted by atomic mass is 10.3. The Bertz CT molecular complexity index is 615. The third kappa shape index (κ3) is 2.95. The highest BCUT2D eigenvalue weighted by atomic mass is 32.2. The van der Waals surface area contributed by atoms with Gasteiger partial charge in [-0.1, -0.05) is 18.2 Å². The molecule has 0 radical (unpaired) electrons. The van der Waals surface area contributed by atoms with Crippen molar-refractivity contribution >= 4 is 10.1 Å². The van der Waals surface area contributed by atoms with E-state index in [9.17, 15) is 8.42 Å². The first-order valence-corrected chi connectivity index (χ1v) is 5.89. The predicted molar refractivity (Wildman–Crippen MR) is 56.2 cm³/mol. The molecule has 2 rings (SSSR count). The van der Waals surface area contributed by atoms with Crippen LogP contribution in [0.15, 0.2) is 41.8 Å². The maximum Gasteiger partial charge on any atom is 0.330 e. The summed E-state index contributed by atoms with van der Waals surface area (Å²) in [6.07, 6.45) is 0.939. The Labute approximate surface area is 96.9 Å². The summed E-state index contributed by atoms with van der Waals surface area (Å²) in [6, 6.07) is 8.36. The minimum Gasteiger partial charge on any atom is -0.424 e. The van der Waals surface area contributed by atoms with Crippen molar-refractivity contribution in [2.45, 2.75) is 5.16 Å². The second-order valence-corrected chi connectivity index (χ2v) is 4.26. The molecule has 8 heteroatoms. The van der Waals surface area contributed by atoms with Crippen LogP contribution >= 0.6 is 0 Å². The number of rotatable bonds is 3. The number of para-hydroxylation sites is 1. The highest BCUT2D eigenvalue weighted by molar-refractivity contribution is 7.85. The van der Waals surface area contributed by atoms with Crippen LogP contribution < -0.4 is 4.74 Å². The second kappa shape index (κ2) is 4.44. The van der Waals surface area contributed by atoms with Gasteiger partial charge < -0.3 is 4.74 Å². The fourth-order valence-electron chi connectivity index (χ4n) is 1.03. The maximum atomic E-state index is 10.8. The molecular weight excluding hydrogens is 246 g/mol. The summed E-state index contributed by atoms with van der Waals surface area (Å²) in [6.45, 7) is 0. The standard InChI is InChI=1S/C9H7N3O4S/c13-17(14,15)9-11-6-10-8(12-9)16-7-4-2-1-3-5-7/h1-6H,(H,13,14,15). The number of hydrogen-bond acceptors (Lipinski definition) is 6. The van der Waals surface area contributed by atoms with E-state index in [1.807, 2.05) is 0 Å². The Balaban J connectivity index is 2.29. The zero-order valence-corrected chi connectivity index (χ0v) is 9.20. The molecular formula is C9H7N3O4S. The van der Waals surface area contributed by atoms with Gasteiger partial charge in [-0.3, -0.25) is 4.55 Å². The summed E-state index contributed by atoms with van der Waals surface area (Å²) in [5.74, 6) is 0.444. The average molecular weight is 253 g/mol. The number of ether oxygens (including phenoxy) is 1. The third-order valence-electron chi connectivity index (χ3n) is 1.71. The molecule has 0 aliphatic rings. The van der Waals surface area contributed by atoms with Gasteiger partial charge in [-0.25, -0.2) is 4.98 Å². The van der Waals surface area contributed by atoms with Crippen LogP contribution in [-0.2, 0) is 10.1 Å². The quantitative estimate of drug-likeness (QED) is 0.811. The van der Waals surface area contributed by atoms with E-state index in [1.165, 1.54) is 0 Å². The van der Waals surface area contributed by atoms with Crippen molar-refractivity contribution in [2.75, 3.05) is 0 Å². The Morgan fingerprint density at radius 1 is 1.12 bits per heavy atom. The summed E-state index contributed by atoms with van der Waals surface area (Å²) >= 11 is 0. The van der Waals surface area contributed by atoms with E-state index in [-0.39, 0.29) is 6.01 Å². The maximum absolute atomic E-state index is 10.8. The van der Waals surface area contributed by atoms with Crippen LogP contribution in [0.4, 0.5) is 0 Å². The van der Waals surface area contributed by atoms with Gasteiger partial charge in [-0.15, -0.1) is 0 Å². The first-order valence-electron chi connectivity index (χ1n) is 4.45. The van der Waals surface area contributed by atoms with Gasteiger partial charge in [0.15, 0.2) is 0 Å². The molecule has 0 spiro atoms. The van der Waals surface area contributed by atoms with Gasteiger partial charge in [0, 0.05) is 0 Å². The van der Waals surface area contributed by atoms with E-state index in [0.29, 0.717) is 5.75 Å². The van der Waals surface area contributed by atoms with Crippen molar-refractivity contribution in [3.8, 4) is 11.8 Å². The largest absolute Gasteiger partial charge is 0.424 e. The van der Waals surface area contributed by atoms with Crippen molar-refractivity contribution < 1.29 is 17.7 Å². The van der Waals surface area contributed by atoms with E-state index in [2.05, 4.69) is 15.0 Å². The molecule has 0 aliphatic heterocycles. The van der Waals surface area contributed by atoms with Crippen LogP contribution in [0, 0.1) is 0 Å². The molecule has 7 nitrogen and oxygen atoms in total. The van der Waals surface area contributed by atoms with Gasteiger partial charge >= 0.3 is 16.1 Å². The van der Waals surface area contributed by atoms with Gasteiger partial charge in [-0.05, 0) is 12.1 Å². The molecule has 1 N–H and O–H groups in total. The Morgan fingerprint density at radius 2 is 1.82 bits per heavy atom. The van der Waals surface area contributed by atoms with Crippen LogP contribution in [0.25, 0.3) is 0 Å². The molecule has 0 amide bonds. The van der Waals surface area contributed by atoms with Gasteiger partial charge in [0.2, 0.25) is 0 Å². The molecule has 0 saturated carbocycles. The Morgan fingerprint density at radius 3 is 2.47 bits per heavy atom. The van der Waals surface area contributed by atoms with Crippen LogP contribution in [0.3, 0.4) is 0 Å². The number of nitrogens with zero attached hydrogens (tertiary/aromatic N) is 3. The van der Waals surface area contributed by atoms with E-state index in [0.717, 1.165) is 6.33 Å². The summed E-state index contributed by atoms with van der Waals surface area (Å²) in [4.78, 5) is 10.4. The Kier molecular flexibility index (Phi) is 2.98. The monoisotopic (exact) mass is 253 g/mol. The molecule has 0 aliphatic carbocycles. The van der Waals surface area contributed by atoms with Crippen LogP contribution in [0.1, 0.15) is 0 Å². The third-order valence-corrected chi connectivity index (χ3v) is 2.37. The van der Waals surface area contributed by atoms with Crippen molar-refractivity contribution in [3.63, 3.8) is 0 Å². The number of hydrogen-bond donors (Lipinski definition) is 1. The lowest BCUT2D eigenvalue weighted by Gasteiger charge is -2.02. The summed E-state index contributed by atoms with van der Waals surface area (Å²) in [5.41, 5.74) is 0. The van der Waals surface area contributed by atoms with E-state index in [4.69, 9.17) is 9.29 Å². The van der Waals surface area contributed by atoms with Crippen LogP contribution in [0.5, 0.6) is 11.8 Å². The summed E-state index contributed by atoms with van der Waals surface area (Å²) in [7, 11) is -4.46. The topological polar surface area (TPSA) is 102 Å². The molecule has 0 atom stereocenters. The molecule has 0 fully saturated rings. The summed E-state index contributed by atoms with van der Waals surface area (Å²) < 4.78 is 35.5. The number of aromatic nitrogens is 3. The SMILES string of the molecule is O=S(=O)(O)c1ncnc(Oc2ccccc2)n1. The highest BCUT2D eigenvalue weighted by Gasteiger charge is 2.15. The fourth-order valence-corrected chi connectivity index (χ4v) is 1.41. The smallest absolute Gasteiger partial charge is 0.330 e.